The number of hydrogen-bond acceptors (Lipinski definition) is 4. The second-order valence-corrected chi connectivity index (χ2v) is 8.85. The zero-order chi connectivity index (χ0) is 24.1. The highest BCUT2D eigenvalue weighted by Gasteiger charge is 2.48. The SMILES string of the molecule is FC(F)(F)C1CCCC2=C1NO/C2=C/c1ccc(/C=C2/ONC3=C2CCCC3C(F)(F)F)cc1. The third kappa shape index (κ3) is 4.25. The molecule has 2 N–H and O–H groups in total. The van der Waals surface area contributed by atoms with Crippen LogP contribution in [0.25, 0.3) is 12.2 Å². The Hall–Kier alpha value is -3.04. The second kappa shape index (κ2) is 8.32. The van der Waals surface area contributed by atoms with Crippen LogP contribution in [-0.4, -0.2) is 12.4 Å². The van der Waals surface area contributed by atoms with Crippen LogP contribution in [0, 0.1) is 11.8 Å². The monoisotopic (exact) mass is 484 g/mol. The van der Waals surface area contributed by atoms with Crippen molar-refractivity contribution in [2.75, 3.05) is 0 Å². The van der Waals surface area contributed by atoms with E-state index in [1.165, 1.54) is 0 Å². The van der Waals surface area contributed by atoms with Gasteiger partial charge in [0.15, 0.2) is 11.5 Å². The fourth-order valence-corrected chi connectivity index (χ4v) is 4.94. The number of alkyl halides is 6. The summed E-state index contributed by atoms with van der Waals surface area (Å²) in [6.45, 7) is 0. The fourth-order valence-electron chi connectivity index (χ4n) is 4.94. The Balaban J connectivity index is 1.35. The highest BCUT2D eigenvalue weighted by molar-refractivity contribution is 5.63. The van der Waals surface area contributed by atoms with E-state index < -0.39 is 24.2 Å². The molecule has 0 amide bonds. The molecule has 34 heavy (non-hydrogen) atoms. The number of nitrogens with one attached hydrogen (secondary N) is 2. The van der Waals surface area contributed by atoms with Crippen molar-refractivity contribution >= 4 is 12.2 Å². The Morgan fingerprint density at radius 2 is 1.06 bits per heavy atom. The van der Waals surface area contributed by atoms with Crippen LogP contribution in [0.15, 0.2) is 58.3 Å². The smallest absolute Gasteiger partial charge is 0.382 e. The predicted molar refractivity (Wildman–Crippen MR) is 112 cm³/mol. The average Bonchev–Trinajstić information content (AvgIpc) is 3.38. The molecule has 2 unspecified atom stereocenters. The molecule has 0 bridgehead atoms. The maximum absolute atomic E-state index is 13.3. The van der Waals surface area contributed by atoms with Gasteiger partial charge in [-0.15, -0.1) is 0 Å². The molecule has 0 spiro atoms. The molecule has 0 fully saturated rings. The van der Waals surface area contributed by atoms with Gasteiger partial charge in [0.1, 0.15) is 0 Å². The summed E-state index contributed by atoms with van der Waals surface area (Å²) in [4.78, 5) is 10.7. The van der Waals surface area contributed by atoms with E-state index in [9.17, 15) is 26.3 Å². The lowest BCUT2D eigenvalue weighted by Crippen LogP contribution is -2.31. The van der Waals surface area contributed by atoms with Crippen LogP contribution < -0.4 is 11.0 Å². The van der Waals surface area contributed by atoms with E-state index in [0.717, 1.165) is 11.1 Å². The van der Waals surface area contributed by atoms with E-state index >= 15 is 0 Å². The van der Waals surface area contributed by atoms with Gasteiger partial charge in [-0.2, -0.15) is 26.3 Å². The van der Waals surface area contributed by atoms with Gasteiger partial charge in [0.05, 0.1) is 23.2 Å². The van der Waals surface area contributed by atoms with E-state index in [0.29, 0.717) is 48.3 Å². The van der Waals surface area contributed by atoms with E-state index in [1.54, 1.807) is 36.4 Å². The van der Waals surface area contributed by atoms with Crippen LogP contribution in [0.5, 0.6) is 0 Å². The summed E-state index contributed by atoms with van der Waals surface area (Å²) in [7, 11) is 0. The Labute approximate surface area is 191 Å². The Morgan fingerprint density at radius 1 is 0.676 bits per heavy atom. The fraction of sp³-hybridized carbons (Fsp3) is 0.417. The average molecular weight is 484 g/mol. The molecule has 2 aliphatic carbocycles. The van der Waals surface area contributed by atoms with Crippen LogP contribution in [0.1, 0.15) is 49.7 Å². The molecule has 5 rings (SSSR count). The van der Waals surface area contributed by atoms with Crippen molar-refractivity contribution in [3.05, 3.63) is 69.5 Å². The van der Waals surface area contributed by atoms with Gasteiger partial charge in [-0.1, -0.05) is 24.3 Å². The van der Waals surface area contributed by atoms with Gasteiger partial charge in [-0.05, 0) is 61.8 Å². The topological polar surface area (TPSA) is 42.5 Å². The Morgan fingerprint density at radius 3 is 1.41 bits per heavy atom. The van der Waals surface area contributed by atoms with Crippen LogP contribution in [-0.2, 0) is 9.68 Å². The first kappa shape index (κ1) is 22.7. The van der Waals surface area contributed by atoms with Gasteiger partial charge in [0.25, 0.3) is 0 Å². The lowest BCUT2D eigenvalue weighted by atomic mass is 9.86. The van der Waals surface area contributed by atoms with Gasteiger partial charge in [-0.25, -0.2) is 11.0 Å². The largest absolute Gasteiger partial charge is 0.397 e. The molecule has 4 nitrogen and oxygen atoms in total. The number of benzene rings is 1. The maximum atomic E-state index is 13.3. The highest BCUT2D eigenvalue weighted by Crippen LogP contribution is 2.46. The van der Waals surface area contributed by atoms with Crippen LogP contribution in [0.3, 0.4) is 0 Å². The minimum absolute atomic E-state index is 0.0358. The van der Waals surface area contributed by atoms with Crippen molar-refractivity contribution in [1.29, 1.82) is 0 Å². The van der Waals surface area contributed by atoms with Crippen LogP contribution >= 0.6 is 0 Å². The molecule has 2 heterocycles. The summed E-state index contributed by atoms with van der Waals surface area (Å²) in [6, 6.07) is 7.07. The van der Waals surface area contributed by atoms with E-state index in [-0.39, 0.29) is 24.2 Å². The van der Waals surface area contributed by atoms with Crippen molar-refractivity contribution in [2.24, 2.45) is 11.8 Å². The van der Waals surface area contributed by atoms with Crippen LogP contribution in [0.4, 0.5) is 26.3 Å². The van der Waals surface area contributed by atoms with Gasteiger partial charge in [0, 0.05) is 11.1 Å². The number of hydrogen-bond donors (Lipinski definition) is 2. The number of halogens is 6. The lowest BCUT2D eigenvalue weighted by Gasteiger charge is -2.24. The summed E-state index contributed by atoms with van der Waals surface area (Å²) >= 11 is 0. The molecule has 1 aromatic rings. The van der Waals surface area contributed by atoms with Gasteiger partial charge < -0.3 is 9.68 Å². The zero-order valence-electron chi connectivity index (χ0n) is 17.9. The molecular weight excluding hydrogens is 462 g/mol. The Bertz CT molecular complexity index is 1010. The zero-order valence-corrected chi connectivity index (χ0v) is 17.9. The molecule has 10 heteroatoms. The third-order valence-electron chi connectivity index (χ3n) is 6.65. The quantitative estimate of drug-likeness (QED) is 0.460. The van der Waals surface area contributed by atoms with Gasteiger partial charge in [-0.3, -0.25) is 0 Å². The maximum Gasteiger partial charge on any atom is 0.397 e. The summed E-state index contributed by atoms with van der Waals surface area (Å²) in [5.74, 6) is -2.36. The highest BCUT2D eigenvalue weighted by atomic mass is 19.4. The molecule has 182 valence electrons. The molecule has 0 saturated heterocycles. The van der Waals surface area contributed by atoms with E-state index in [2.05, 4.69) is 11.0 Å². The van der Waals surface area contributed by atoms with Crippen molar-refractivity contribution in [1.82, 2.24) is 11.0 Å². The van der Waals surface area contributed by atoms with Gasteiger partial charge in [0.2, 0.25) is 0 Å². The molecule has 2 aliphatic heterocycles. The number of hydroxylamine groups is 2. The molecule has 4 aliphatic rings. The van der Waals surface area contributed by atoms with E-state index in [1.807, 2.05) is 0 Å². The first-order chi connectivity index (χ1) is 16.1. The summed E-state index contributed by atoms with van der Waals surface area (Å²) in [6.07, 6.45) is -3.36. The van der Waals surface area contributed by atoms with Gasteiger partial charge >= 0.3 is 12.4 Å². The molecular formula is C24H22F6N2O2. The minimum atomic E-state index is -4.33. The summed E-state index contributed by atoms with van der Waals surface area (Å²) in [5, 5.41) is 0. The molecule has 2 atom stereocenters. The normalized spacial score (nSPS) is 27.2. The summed E-state index contributed by atoms with van der Waals surface area (Å²) < 4.78 is 79.8. The van der Waals surface area contributed by atoms with Crippen molar-refractivity contribution in [2.45, 2.75) is 50.9 Å². The number of rotatable bonds is 2. The summed E-state index contributed by atoms with van der Waals surface area (Å²) in [5.41, 5.74) is 7.63. The molecule has 0 saturated carbocycles. The molecule has 1 aromatic carbocycles. The Kier molecular flexibility index (Phi) is 5.56. The predicted octanol–water partition coefficient (Wildman–Crippen LogP) is 6.67. The van der Waals surface area contributed by atoms with Crippen molar-refractivity contribution in [3.8, 4) is 0 Å². The first-order valence-corrected chi connectivity index (χ1v) is 11.1. The van der Waals surface area contributed by atoms with Crippen molar-refractivity contribution in [3.63, 3.8) is 0 Å². The molecule has 0 radical (unpaired) electrons. The minimum Gasteiger partial charge on any atom is -0.382 e. The van der Waals surface area contributed by atoms with E-state index in [4.69, 9.17) is 9.68 Å². The first-order valence-electron chi connectivity index (χ1n) is 11.1. The third-order valence-corrected chi connectivity index (χ3v) is 6.65. The molecule has 0 aromatic heterocycles. The lowest BCUT2D eigenvalue weighted by molar-refractivity contribution is -0.170. The number of allylic oxidation sites excluding steroid dienone is 4. The van der Waals surface area contributed by atoms with Crippen molar-refractivity contribution < 1.29 is 36.0 Å². The standard InChI is InChI=1S/C24H22F6N2O2/c25-23(26,27)17-5-1-3-15-19(33-31-21(15)17)11-13-7-9-14(10-8-13)12-20-16-4-2-6-18(24(28,29)30)22(16)32-34-20/h7-12,17-18,31-32H,1-6H2/b19-11+,20-12+. The van der Waals surface area contributed by atoms with Crippen LogP contribution in [0.2, 0.25) is 0 Å². The second-order valence-electron chi connectivity index (χ2n) is 8.85.